The Morgan fingerprint density at radius 2 is 1.91 bits per heavy atom. The van der Waals surface area contributed by atoms with Gasteiger partial charge in [0.25, 0.3) is 5.91 Å². The molecule has 2 aliphatic rings. The third-order valence-electron chi connectivity index (χ3n) is 6.11. The zero-order valence-corrected chi connectivity index (χ0v) is 18.5. The van der Waals surface area contributed by atoms with Gasteiger partial charge >= 0.3 is 6.03 Å². The molecule has 3 N–H and O–H groups in total. The van der Waals surface area contributed by atoms with Crippen LogP contribution in [0.3, 0.4) is 0 Å². The van der Waals surface area contributed by atoms with Gasteiger partial charge in [-0.1, -0.05) is 18.2 Å². The van der Waals surface area contributed by atoms with Gasteiger partial charge in [-0.25, -0.2) is 4.79 Å². The molecule has 33 heavy (non-hydrogen) atoms. The number of rotatable bonds is 6. The number of allylic oxidation sites excluding steroid dienone is 1. The number of urea groups is 1. The van der Waals surface area contributed by atoms with Crippen molar-refractivity contribution in [1.29, 1.82) is 5.26 Å². The first-order valence-electron chi connectivity index (χ1n) is 11.0. The largest absolute Gasteiger partial charge is 0.379 e. The Morgan fingerprint density at radius 1 is 1.18 bits per heavy atom. The number of primary amides is 1. The molecule has 0 bridgehead atoms. The summed E-state index contributed by atoms with van der Waals surface area (Å²) in [5.74, 6) is -0.663. The Kier molecular flexibility index (Phi) is 6.77. The molecule has 3 amide bonds. The summed E-state index contributed by atoms with van der Waals surface area (Å²) in [6, 6.07) is 9.66. The smallest absolute Gasteiger partial charge is 0.322 e. The molecule has 172 valence electrons. The van der Waals surface area contributed by atoms with E-state index in [1.54, 1.807) is 11.0 Å². The van der Waals surface area contributed by atoms with E-state index in [1.165, 1.54) is 5.56 Å². The highest BCUT2D eigenvalue weighted by Crippen LogP contribution is 2.28. The Balaban J connectivity index is 1.45. The zero-order valence-electron chi connectivity index (χ0n) is 18.5. The van der Waals surface area contributed by atoms with Crippen molar-refractivity contribution in [1.82, 2.24) is 14.4 Å². The number of hydrogen-bond acceptors (Lipinski definition) is 5. The van der Waals surface area contributed by atoms with Crippen molar-refractivity contribution in [3.63, 3.8) is 0 Å². The minimum atomic E-state index is -0.663. The van der Waals surface area contributed by atoms with Gasteiger partial charge in [0.2, 0.25) is 0 Å². The van der Waals surface area contributed by atoms with Gasteiger partial charge in [0.15, 0.2) is 0 Å². The van der Waals surface area contributed by atoms with Gasteiger partial charge in [-0.3, -0.25) is 9.69 Å². The normalized spacial score (nSPS) is 16.0. The molecule has 0 atom stereocenters. The second-order valence-electron chi connectivity index (χ2n) is 8.20. The molecule has 9 nitrogen and oxygen atoms in total. The maximum absolute atomic E-state index is 12.9. The molecule has 1 saturated heterocycles. The van der Waals surface area contributed by atoms with Crippen LogP contribution in [0.25, 0.3) is 0 Å². The van der Waals surface area contributed by atoms with Crippen LogP contribution in [-0.4, -0.2) is 59.2 Å². The highest BCUT2D eigenvalue weighted by Gasteiger charge is 2.31. The number of fused-ring (bicyclic) bond motifs is 1. The first kappa shape index (κ1) is 22.6. The number of carbonyl (C=O) groups is 2. The number of anilines is 1. The lowest BCUT2D eigenvalue weighted by Gasteiger charge is -2.30. The summed E-state index contributed by atoms with van der Waals surface area (Å²) < 4.78 is 7.31. The van der Waals surface area contributed by atoms with Crippen molar-refractivity contribution in [3.8, 4) is 6.07 Å². The van der Waals surface area contributed by atoms with Crippen LogP contribution >= 0.6 is 0 Å². The molecule has 1 aromatic heterocycles. The van der Waals surface area contributed by atoms with Crippen molar-refractivity contribution in [2.75, 3.05) is 38.2 Å². The van der Waals surface area contributed by atoms with Crippen LogP contribution in [0.5, 0.6) is 0 Å². The van der Waals surface area contributed by atoms with E-state index < -0.39 is 5.91 Å². The summed E-state index contributed by atoms with van der Waals surface area (Å²) in [6.45, 7) is 9.09. The topological polar surface area (TPSA) is 117 Å². The van der Waals surface area contributed by atoms with Crippen LogP contribution in [0, 0.1) is 11.3 Å². The number of nitrogens with two attached hydrogens (primary N) is 1. The fourth-order valence-electron chi connectivity index (χ4n) is 4.46. The van der Waals surface area contributed by atoms with Crippen molar-refractivity contribution in [3.05, 3.63) is 65.0 Å². The molecular weight excluding hydrogens is 420 g/mol. The van der Waals surface area contributed by atoms with Crippen molar-refractivity contribution in [2.24, 2.45) is 5.73 Å². The summed E-state index contributed by atoms with van der Waals surface area (Å²) in [7, 11) is 0. The second-order valence-corrected chi connectivity index (χ2v) is 8.20. The molecule has 2 aliphatic heterocycles. The van der Waals surface area contributed by atoms with Gasteiger partial charge < -0.3 is 25.3 Å². The Morgan fingerprint density at radius 3 is 2.55 bits per heavy atom. The Labute approximate surface area is 193 Å². The third-order valence-corrected chi connectivity index (χ3v) is 6.11. The maximum Gasteiger partial charge on any atom is 0.322 e. The standard InChI is InChI=1S/C24H28N6O3/c1-2-3-20-19(14-25)22(23(26)31)21-16-29(8-9-30(20)21)24(32)27-18-6-4-17(5-7-18)15-28-10-12-33-13-11-28/h2,4-7H,1,3,8-13,15-16H2,(H2,26,31)(H,27,32). The minimum Gasteiger partial charge on any atom is -0.379 e. The lowest BCUT2D eigenvalue weighted by atomic mass is 10.1. The molecule has 0 saturated carbocycles. The van der Waals surface area contributed by atoms with E-state index in [1.807, 2.05) is 28.8 Å². The number of nitrogens with zero attached hydrogens (tertiary/aromatic N) is 4. The molecule has 0 aliphatic carbocycles. The van der Waals surface area contributed by atoms with Crippen LogP contribution < -0.4 is 11.1 Å². The number of morpholine rings is 1. The maximum atomic E-state index is 12.9. The van der Waals surface area contributed by atoms with E-state index >= 15 is 0 Å². The molecule has 0 spiro atoms. The number of nitrogens with one attached hydrogen (secondary N) is 1. The average molecular weight is 449 g/mol. The van der Waals surface area contributed by atoms with E-state index in [4.69, 9.17) is 10.5 Å². The summed E-state index contributed by atoms with van der Waals surface area (Å²) >= 11 is 0. The van der Waals surface area contributed by atoms with E-state index in [2.05, 4.69) is 22.9 Å². The van der Waals surface area contributed by atoms with Crippen LogP contribution in [-0.2, 0) is 30.8 Å². The predicted octanol–water partition coefficient (Wildman–Crippen LogP) is 2.07. The van der Waals surface area contributed by atoms with Crippen molar-refractivity contribution >= 4 is 17.6 Å². The number of carbonyl (C=O) groups excluding carboxylic acids is 2. The van der Waals surface area contributed by atoms with Crippen LogP contribution in [0.4, 0.5) is 10.5 Å². The molecule has 3 heterocycles. The zero-order chi connectivity index (χ0) is 23.4. The van der Waals surface area contributed by atoms with Gasteiger partial charge in [0.1, 0.15) is 6.07 Å². The van der Waals surface area contributed by atoms with Gasteiger partial charge in [-0.15, -0.1) is 6.58 Å². The minimum absolute atomic E-state index is 0.194. The molecule has 4 rings (SSSR count). The fraction of sp³-hybridized carbons (Fsp3) is 0.375. The first-order chi connectivity index (χ1) is 16.0. The number of benzene rings is 1. The molecule has 1 aromatic carbocycles. The van der Waals surface area contributed by atoms with Crippen LogP contribution in [0.1, 0.15) is 32.9 Å². The molecule has 0 unspecified atom stereocenters. The van der Waals surface area contributed by atoms with E-state index in [0.29, 0.717) is 36.6 Å². The quantitative estimate of drug-likeness (QED) is 0.656. The van der Waals surface area contributed by atoms with E-state index in [-0.39, 0.29) is 23.7 Å². The molecule has 2 aromatic rings. The molecule has 0 radical (unpaired) electrons. The van der Waals surface area contributed by atoms with E-state index in [0.717, 1.165) is 32.8 Å². The number of aromatic nitrogens is 1. The van der Waals surface area contributed by atoms with Crippen LogP contribution in [0.15, 0.2) is 36.9 Å². The summed E-state index contributed by atoms with van der Waals surface area (Å²) in [5.41, 5.74) is 9.25. The van der Waals surface area contributed by atoms with Gasteiger partial charge in [0.05, 0.1) is 36.6 Å². The first-order valence-corrected chi connectivity index (χ1v) is 11.0. The van der Waals surface area contributed by atoms with Gasteiger partial charge in [-0.05, 0) is 17.7 Å². The average Bonchev–Trinajstić information content (AvgIpc) is 3.14. The fourth-order valence-corrected chi connectivity index (χ4v) is 4.46. The number of hydrogen-bond donors (Lipinski definition) is 2. The van der Waals surface area contributed by atoms with Gasteiger partial charge in [-0.2, -0.15) is 5.26 Å². The van der Waals surface area contributed by atoms with E-state index in [9.17, 15) is 14.9 Å². The predicted molar refractivity (Wildman–Crippen MR) is 124 cm³/mol. The third kappa shape index (κ3) is 4.77. The lowest BCUT2D eigenvalue weighted by molar-refractivity contribution is 0.0342. The highest BCUT2D eigenvalue weighted by molar-refractivity contribution is 5.97. The summed E-state index contributed by atoms with van der Waals surface area (Å²) in [4.78, 5) is 29.0. The SMILES string of the molecule is C=CCc1c(C#N)c(C(N)=O)c2n1CCN(C(=O)Nc1ccc(CN3CCOCC3)cc1)C2. The molecular formula is C24H28N6O3. The number of nitriles is 1. The number of amides is 3. The van der Waals surface area contributed by atoms with Crippen LogP contribution in [0.2, 0.25) is 0 Å². The molecule has 9 heteroatoms. The Hall–Kier alpha value is -3.61. The number of ether oxygens (including phenoxy) is 1. The monoisotopic (exact) mass is 448 g/mol. The van der Waals surface area contributed by atoms with Crippen molar-refractivity contribution < 1.29 is 14.3 Å². The highest BCUT2D eigenvalue weighted by atomic mass is 16.5. The Bertz CT molecular complexity index is 1090. The summed E-state index contributed by atoms with van der Waals surface area (Å²) in [6.07, 6.45) is 2.14. The van der Waals surface area contributed by atoms with Crippen molar-refractivity contribution in [2.45, 2.75) is 26.1 Å². The van der Waals surface area contributed by atoms with Gasteiger partial charge in [0, 0.05) is 50.5 Å². The second kappa shape index (κ2) is 9.90. The molecule has 1 fully saturated rings. The summed E-state index contributed by atoms with van der Waals surface area (Å²) in [5, 5.41) is 12.5. The lowest BCUT2D eigenvalue weighted by Crippen LogP contribution is -2.41.